The van der Waals surface area contributed by atoms with Crippen LogP contribution in [0, 0.1) is 0 Å². The van der Waals surface area contributed by atoms with Crippen LogP contribution >= 0.6 is 24.0 Å². The van der Waals surface area contributed by atoms with Crippen molar-refractivity contribution in [3.63, 3.8) is 0 Å². The average molecular weight is 481 g/mol. The van der Waals surface area contributed by atoms with Gasteiger partial charge in [-0.05, 0) is 31.2 Å². The molecule has 1 aliphatic rings. The number of rotatable bonds is 6. The van der Waals surface area contributed by atoms with Gasteiger partial charge in [0.1, 0.15) is 11.6 Å². The Kier molecular flexibility index (Phi) is 8.63. The molecule has 27 heavy (non-hydrogen) atoms. The zero-order valence-electron chi connectivity index (χ0n) is 15.8. The lowest BCUT2D eigenvalue weighted by Gasteiger charge is -2.37. The van der Waals surface area contributed by atoms with Crippen LogP contribution in [0.25, 0.3) is 0 Å². The van der Waals surface area contributed by atoms with Gasteiger partial charge in [0.25, 0.3) is 0 Å². The highest BCUT2D eigenvalue weighted by atomic mass is 127. The smallest absolute Gasteiger partial charge is 0.194 e. The zero-order chi connectivity index (χ0) is 18.2. The number of piperazine rings is 1. The molecule has 0 spiro atoms. The number of hydrogen-bond donors (Lipinski definition) is 1. The molecular weight excluding hydrogens is 453 g/mol. The first-order valence-corrected chi connectivity index (χ1v) is 9.08. The van der Waals surface area contributed by atoms with Gasteiger partial charge >= 0.3 is 0 Å². The molecule has 0 aliphatic carbocycles. The van der Waals surface area contributed by atoms with Gasteiger partial charge in [-0.2, -0.15) is 0 Å². The van der Waals surface area contributed by atoms with Crippen LogP contribution in [-0.2, 0) is 6.42 Å². The molecule has 146 valence electrons. The van der Waals surface area contributed by atoms with Crippen LogP contribution < -0.4 is 10.2 Å². The highest BCUT2D eigenvalue weighted by molar-refractivity contribution is 14.0. The second-order valence-electron chi connectivity index (χ2n) is 6.52. The Morgan fingerprint density at radius 2 is 2.04 bits per heavy atom. The quantitative estimate of drug-likeness (QED) is 0.297. The fraction of sp³-hybridized carbons (Fsp3) is 0.400. The molecule has 0 bridgehead atoms. The van der Waals surface area contributed by atoms with Crippen LogP contribution in [0.1, 0.15) is 12.7 Å². The van der Waals surface area contributed by atoms with Crippen molar-refractivity contribution in [3.8, 4) is 0 Å². The van der Waals surface area contributed by atoms with Gasteiger partial charge in [-0.1, -0.05) is 18.2 Å². The third-order valence-corrected chi connectivity index (χ3v) is 4.29. The lowest BCUT2D eigenvalue weighted by Crippen LogP contribution is -2.53. The van der Waals surface area contributed by atoms with E-state index < -0.39 is 0 Å². The van der Waals surface area contributed by atoms with Gasteiger partial charge in [-0.15, -0.1) is 24.0 Å². The van der Waals surface area contributed by atoms with E-state index in [0.717, 1.165) is 62.3 Å². The number of aromatic nitrogens is 1. The number of anilines is 1. The van der Waals surface area contributed by atoms with E-state index >= 15 is 0 Å². The summed E-state index contributed by atoms with van der Waals surface area (Å²) in [5, 5.41) is 3.48. The minimum Gasteiger partial charge on any atom is -0.469 e. The molecule has 0 aromatic carbocycles. The van der Waals surface area contributed by atoms with Gasteiger partial charge in [-0.3, -0.25) is 0 Å². The summed E-state index contributed by atoms with van der Waals surface area (Å²) in [6, 6.07) is 9.96. The first-order valence-electron chi connectivity index (χ1n) is 9.08. The van der Waals surface area contributed by atoms with Crippen molar-refractivity contribution in [2.45, 2.75) is 13.3 Å². The predicted octanol–water partition coefficient (Wildman–Crippen LogP) is 3.18. The van der Waals surface area contributed by atoms with Crippen molar-refractivity contribution < 1.29 is 4.42 Å². The Balaban J connectivity index is 0.00000261. The normalized spacial score (nSPS) is 14.6. The predicted molar refractivity (Wildman–Crippen MR) is 121 cm³/mol. The molecule has 0 saturated carbocycles. The number of nitrogens with zero attached hydrogens (tertiary/aromatic N) is 4. The van der Waals surface area contributed by atoms with Crippen LogP contribution in [0.2, 0.25) is 0 Å². The number of guanidine groups is 1. The Morgan fingerprint density at radius 3 is 2.67 bits per heavy atom. The van der Waals surface area contributed by atoms with Crippen molar-refractivity contribution in [3.05, 3.63) is 60.7 Å². The molecule has 0 amide bonds. The van der Waals surface area contributed by atoms with Gasteiger partial charge in [0.05, 0.1) is 12.8 Å². The maximum Gasteiger partial charge on any atom is 0.194 e. The molecule has 7 heteroatoms. The minimum absolute atomic E-state index is 0. The van der Waals surface area contributed by atoms with E-state index in [2.05, 4.69) is 32.7 Å². The molecule has 1 aliphatic heterocycles. The number of aliphatic imine (C=N–C) groups is 1. The van der Waals surface area contributed by atoms with Crippen molar-refractivity contribution >= 4 is 35.8 Å². The standard InChI is InChI=1S/C20H27N5O.HI/c1-17(2)16-23-20(22-10-8-18-6-5-15-26-18)25-13-11-24(12-14-25)19-7-3-4-9-21-19;/h3-7,9,15H,1,8,10-14,16H2,2H3,(H,22,23);1H. The summed E-state index contributed by atoms with van der Waals surface area (Å²) in [5.74, 6) is 2.97. The van der Waals surface area contributed by atoms with Gasteiger partial charge in [0, 0.05) is 45.3 Å². The maximum absolute atomic E-state index is 5.40. The molecule has 0 radical (unpaired) electrons. The number of halogens is 1. The van der Waals surface area contributed by atoms with Crippen molar-refractivity contribution in [1.82, 2.24) is 15.2 Å². The van der Waals surface area contributed by atoms with Crippen LogP contribution in [0.4, 0.5) is 5.82 Å². The molecular formula is C20H28IN5O. The topological polar surface area (TPSA) is 56.9 Å². The molecule has 0 unspecified atom stereocenters. The van der Waals surface area contributed by atoms with Crippen molar-refractivity contribution in [1.29, 1.82) is 0 Å². The van der Waals surface area contributed by atoms with E-state index in [1.165, 1.54) is 0 Å². The monoisotopic (exact) mass is 481 g/mol. The van der Waals surface area contributed by atoms with Crippen LogP contribution in [0.15, 0.2) is 64.4 Å². The summed E-state index contributed by atoms with van der Waals surface area (Å²) in [4.78, 5) is 13.8. The average Bonchev–Trinajstić information content (AvgIpc) is 3.19. The van der Waals surface area contributed by atoms with Crippen LogP contribution in [0.5, 0.6) is 0 Å². The number of hydrogen-bond acceptors (Lipinski definition) is 4. The second-order valence-corrected chi connectivity index (χ2v) is 6.52. The number of nitrogens with one attached hydrogen (secondary N) is 1. The largest absolute Gasteiger partial charge is 0.469 e. The summed E-state index contributed by atoms with van der Waals surface area (Å²) in [7, 11) is 0. The van der Waals surface area contributed by atoms with Crippen molar-refractivity contribution in [2.75, 3.05) is 44.2 Å². The van der Waals surface area contributed by atoms with E-state index in [1.54, 1.807) is 6.26 Å². The Labute approximate surface area is 178 Å². The number of furan rings is 1. The maximum atomic E-state index is 5.40. The van der Waals surface area contributed by atoms with Crippen LogP contribution in [0.3, 0.4) is 0 Å². The summed E-state index contributed by atoms with van der Waals surface area (Å²) in [6.07, 6.45) is 4.40. The Hall–Kier alpha value is -2.03. The van der Waals surface area contributed by atoms with Crippen LogP contribution in [-0.4, -0.2) is 55.1 Å². The fourth-order valence-corrected chi connectivity index (χ4v) is 2.92. The van der Waals surface area contributed by atoms with E-state index in [1.807, 2.05) is 37.4 Å². The SMILES string of the molecule is C=C(C)CN=C(NCCc1ccco1)N1CCN(c2ccccn2)CC1.I. The zero-order valence-corrected chi connectivity index (χ0v) is 18.1. The van der Waals surface area contributed by atoms with Gasteiger partial charge < -0.3 is 19.5 Å². The van der Waals surface area contributed by atoms with Crippen molar-refractivity contribution in [2.24, 2.45) is 4.99 Å². The summed E-state index contributed by atoms with van der Waals surface area (Å²) >= 11 is 0. The van der Waals surface area contributed by atoms with E-state index in [9.17, 15) is 0 Å². The summed E-state index contributed by atoms with van der Waals surface area (Å²) < 4.78 is 5.40. The molecule has 6 nitrogen and oxygen atoms in total. The van der Waals surface area contributed by atoms with Gasteiger partial charge in [0.15, 0.2) is 5.96 Å². The lowest BCUT2D eigenvalue weighted by atomic mass is 10.3. The fourth-order valence-electron chi connectivity index (χ4n) is 2.92. The van der Waals surface area contributed by atoms with Gasteiger partial charge in [-0.25, -0.2) is 9.98 Å². The molecule has 1 fully saturated rings. The second kappa shape index (κ2) is 11.0. The molecule has 3 heterocycles. The molecule has 2 aromatic rings. The first-order chi connectivity index (χ1) is 12.7. The van der Waals surface area contributed by atoms with E-state index in [0.29, 0.717) is 6.54 Å². The molecule has 2 aromatic heterocycles. The molecule has 1 N–H and O–H groups in total. The molecule has 3 rings (SSSR count). The first kappa shape index (κ1) is 21.3. The Morgan fingerprint density at radius 1 is 1.22 bits per heavy atom. The molecule has 1 saturated heterocycles. The Bertz CT molecular complexity index is 709. The van der Waals surface area contributed by atoms with E-state index in [-0.39, 0.29) is 24.0 Å². The third kappa shape index (κ3) is 6.57. The highest BCUT2D eigenvalue weighted by Crippen LogP contribution is 2.12. The number of pyridine rings is 1. The van der Waals surface area contributed by atoms with E-state index in [4.69, 9.17) is 9.41 Å². The lowest BCUT2D eigenvalue weighted by molar-refractivity contribution is 0.370. The minimum atomic E-state index is 0. The summed E-state index contributed by atoms with van der Waals surface area (Å²) in [6.45, 7) is 11.1. The summed E-state index contributed by atoms with van der Waals surface area (Å²) in [5.41, 5.74) is 1.06. The molecule has 0 atom stereocenters. The van der Waals surface area contributed by atoms with Gasteiger partial charge in [0.2, 0.25) is 0 Å². The third-order valence-electron chi connectivity index (χ3n) is 4.29. The highest BCUT2D eigenvalue weighted by Gasteiger charge is 2.20.